The Morgan fingerprint density at radius 1 is 0.825 bits per heavy atom. The zero-order valence-electron chi connectivity index (χ0n) is 23.2. The van der Waals surface area contributed by atoms with Gasteiger partial charge in [-0.15, -0.1) is 0 Å². The highest BCUT2D eigenvalue weighted by Crippen LogP contribution is 2.25. The molecule has 0 radical (unpaired) electrons. The van der Waals surface area contributed by atoms with Gasteiger partial charge in [0.25, 0.3) is 0 Å². The van der Waals surface area contributed by atoms with Crippen molar-refractivity contribution in [3.05, 3.63) is 60.7 Å². The van der Waals surface area contributed by atoms with Crippen LogP contribution in [0.3, 0.4) is 0 Å². The average Bonchev–Trinajstić information content (AvgIpc) is 3.42. The zero-order valence-corrected chi connectivity index (χ0v) is 23.2. The van der Waals surface area contributed by atoms with Gasteiger partial charge in [0.2, 0.25) is 17.7 Å². The van der Waals surface area contributed by atoms with Crippen molar-refractivity contribution >= 4 is 41.1 Å². The monoisotopic (exact) mass is 551 g/mol. The lowest BCUT2D eigenvalue weighted by Crippen LogP contribution is -2.57. The normalized spacial score (nSPS) is 16.9. The summed E-state index contributed by atoms with van der Waals surface area (Å²) >= 11 is 0. The number of carboxylic acid groups (broad SMARTS) is 1. The van der Waals surface area contributed by atoms with Gasteiger partial charge in [-0.2, -0.15) is 0 Å². The molecule has 1 saturated heterocycles. The molecule has 0 aromatic heterocycles. The van der Waals surface area contributed by atoms with Crippen molar-refractivity contribution in [1.29, 1.82) is 0 Å². The van der Waals surface area contributed by atoms with E-state index < -0.39 is 53.9 Å². The maximum absolute atomic E-state index is 13.3. The number of para-hydroxylation sites is 2. The predicted molar refractivity (Wildman–Crippen MR) is 150 cm³/mol. The van der Waals surface area contributed by atoms with Gasteiger partial charge in [0.15, 0.2) is 0 Å². The van der Waals surface area contributed by atoms with Gasteiger partial charge >= 0.3 is 12.0 Å². The topological polar surface area (TPSA) is 148 Å². The molecule has 3 rings (SSSR count). The molecule has 5 amide bonds. The molecule has 214 valence electrons. The molecule has 1 aliphatic rings. The fraction of sp³-hybridized carbons (Fsp3) is 0.414. The molecule has 11 nitrogen and oxygen atoms in total. The molecule has 0 unspecified atom stereocenters. The van der Waals surface area contributed by atoms with Gasteiger partial charge in [-0.3, -0.25) is 19.3 Å². The molecule has 0 spiro atoms. The lowest BCUT2D eigenvalue weighted by molar-refractivity contribution is -0.145. The van der Waals surface area contributed by atoms with Crippen LogP contribution in [0.5, 0.6) is 0 Å². The van der Waals surface area contributed by atoms with Crippen LogP contribution in [0, 0.1) is 5.92 Å². The number of nitrogens with one attached hydrogen (secondary N) is 3. The standard InChI is InChI=1S/C29H37N5O6/c1-18(2)24(28(38)39)32-26(36)23-16-11-17-33(23)27(37)20(4)30-25(35)19(3)31-29(40)34(21-12-7-5-8-13-21)22-14-9-6-10-15-22/h5-10,12-15,18-20,23-24H,11,16-17H2,1-4H3,(H,30,35)(H,31,40)(H,32,36)(H,38,39)/t19-,20-,23-,24-/m0/s1. The third-order valence-electron chi connectivity index (χ3n) is 6.76. The Balaban J connectivity index is 1.63. The molecule has 40 heavy (non-hydrogen) atoms. The van der Waals surface area contributed by atoms with Crippen molar-refractivity contribution in [2.45, 2.75) is 64.7 Å². The van der Waals surface area contributed by atoms with E-state index >= 15 is 0 Å². The largest absolute Gasteiger partial charge is 0.480 e. The summed E-state index contributed by atoms with van der Waals surface area (Å²) in [5, 5.41) is 17.2. The Hall–Kier alpha value is -4.41. The number of nitrogens with zero attached hydrogens (tertiary/aromatic N) is 2. The fourth-order valence-electron chi connectivity index (χ4n) is 4.57. The molecule has 4 atom stereocenters. The van der Waals surface area contributed by atoms with Gasteiger partial charge in [-0.25, -0.2) is 9.59 Å². The van der Waals surface area contributed by atoms with Gasteiger partial charge in [-0.05, 0) is 56.9 Å². The van der Waals surface area contributed by atoms with E-state index in [4.69, 9.17) is 0 Å². The van der Waals surface area contributed by atoms with Gasteiger partial charge in [-0.1, -0.05) is 50.2 Å². The van der Waals surface area contributed by atoms with Crippen molar-refractivity contribution in [3.8, 4) is 0 Å². The Bertz CT molecular complexity index is 1170. The van der Waals surface area contributed by atoms with Crippen LogP contribution >= 0.6 is 0 Å². The van der Waals surface area contributed by atoms with Gasteiger partial charge in [0.1, 0.15) is 24.2 Å². The molecule has 0 bridgehead atoms. The van der Waals surface area contributed by atoms with Crippen molar-refractivity contribution in [1.82, 2.24) is 20.9 Å². The molecule has 1 heterocycles. The predicted octanol–water partition coefficient (Wildman–Crippen LogP) is 2.64. The lowest BCUT2D eigenvalue weighted by Gasteiger charge is -2.29. The summed E-state index contributed by atoms with van der Waals surface area (Å²) in [6.07, 6.45) is 0.967. The summed E-state index contributed by atoms with van der Waals surface area (Å²) in [6, 6.07) is 13.6. The van der Waals surface area contributed by atoms with Crippen molar-refractivity contribution in [3.63, 3.8) is 0 Å². The minimum Gasteiger partial charge on any atom is -0.480 e. The Morgan fingerprint density at radius 3 is 1.88 bits per heavy atom. The van der Waals surface area contributed by atoms with Crippen LogP contribution in [0.1, 0.15) is 40.5 Å². The number of amides is 5. The van der Waals surface area contributed by atoms with E-state index in [0.29, 0.717) is 30.8 Å². The molecule has 2 aromatic carbocycles. The van der Waals surface area contributed by atoms with Crippen LogP contribution in [-0.2, 0) is 19.2 Å². The number of benzene rings is 2. The highest BCUT2D eigenvalue weighted by molar-refractivity contribution is 6.02. The highest BCUT2D eigenvalue weighted by atomic mass is 16.4. The van der Waals surface area contributed by atoms with E-state index in [1.165, 1.54) is 23.6 Å². The second kappa shape index (κ2) is 13.6. The molecule has 11 heteroatoms. The van der Waals surface area contributed by atoms with E-state index in [1.54, 1.807) is 62.4 Å². The molecular formula is C29H37N5O6. The number of carboxylic acids is 1. The molecular weight excluding hydrogens is 514 g/mol. The first-order valence-electron chi connectivity index (χ1n) is 13.4. The summed E-state index contributed by atoms with van der Waals surface area (Å²) in [7, 11) is 0. The summed E-state index contributed by atoms with van der Waals surface area (Å²) in [5.41, 5.74) is 1.23. The van der Waals surface area contributed by atoms with Gasteiger partial charge < -0.3 is 26.0 Å². The number of urea groups is 1. The Morgan fingerprint density at radius 2 is 1.38 bits per heavy atom. The number of hydrogen-bond donors (Lipinski definition) is 4. The van der Waals surface area contributed by atoms with E-state index in [-0.39, 0.29) is 5.92 Å². The number of likely N-dealkylation sites (tertiary alicyclic amines) is 1. The maximum atomic E-state index is 13.3. The summed E-state index contributed by atoms with van der Waals surface area (Å²) in [6.45, 7) is 6.71. The number of rotatable bonds is 10. The summed E-state index contributed by atoms with van der Waals surface area (Å²) < 4.78 is 0. The Kier molecular flexibility index (Phi) is 10.2. The number of carbonyl (C=O) groups is 5. The third kappa shape index (κ3) is 7.37. The molecule has 0 aliphatic carbocycles. The van der Waals surface area contributed by atoms with E-state index in [1.807, 2.05) is 12.1 Å². The van der Waals surface area contributed by atoms with Crippen LogP contribution in [0.2, 0.25) is 0 Å². The average molecular weight is 552 g/mol. The molecule has 1 aliphatic heterocycles. The first-order chi connectivity index (χ1) is 19.0. The van der Waals surface area contributed by atoms with E-state index in [2.05, 4.69) is 16.0 Å². The Labute approximate surface area is 233 Å². The first kappa shape index (κ1) is 30.1. The molecule has 2 aromatic rings. The van der Waals surface area contributed by atoms with Gasteiger partial charge in [0.05, 0.1) is 11.4 Å². The number of aliphatic carboxylic acids is 1. The van der Waals surface area contributed by atoms with Crippen LogP contribution < -0.4 is 20.9 Å². The third-order valence-corrected chi connectivity index (χ3v) is 6.76. The second-order valence-electron chi connectivity index (χ2n) is 10.2. The molecule has 4 N–H and O–H groups in total. The minimum atomic E-state index is -1.14. The van der Waals surface area contributed by atoms with Gasteiger partial charge in [0, 0.05) is 6.54 Å². The highest BCUT2D eigenvalue weighted by Gasteiger charge is 2.38. The van der Waals surface area contributed by atoms with Crippen LogP contribution in [-0.4, -0.2) is 70.4 Å². The number of carbonyl (C=O) groups excluding carboxylic acids is 4. The minimum absolute atomic E-state index is 0.311. The molecule has 1 fully saturated rings. The smallest absolute Gasteiger partial charge is 0.327 e. The fourth-order valence-corrected chi connectivity index (χ4v) is 4.57. The quantitative estimate of drug-likeness (QED) is 0.357. The number of hydrogen-bond acceptors (Lipinski definition) is 5. The number of anilines is 2. The summed E-state index contributed by atoms with van der Waals surface area (Å²) in [4.78, 5) is 66.6. The zero-order chi connectivity index (χ0) is 29.4. The first-order valence-corrected chi connectivity index (χ1v) is 13.4. The van der Waals surface area contributed by atoms with Crippen LogP contribution in [0.4, 0.5) is 16.2 Å². The van der Waals surface area contributed by atoms with Crippen molar-refractivity contribution in [2.75, 3.05) is 11.4 Å². The molecule has 0 saturated carbocycles. The second-order valence-corrected chi connectivity index (χ2v) is 10.2. The van der Waals surface area contributed by atoms with Crippen LogP contribution in [0.25, 0.3) is 0 Å². The summed E-state index contributed by atoms with van der Waals surface area (Å²) in [5.74, 6) is -3.04. The van der Waals surface area contributed by atoms with E-state index in [9.17, 15) is 29.1 Å². The lowest BCUT2D eigenvalue weighted by atomic mass is 10.0. The van der Waals surface area contributed by atoms with Crippen LogP contribution in [0.15, 0.2) is 60.7 Å². The van der Waals surface area contributed by atoms with Crippen molar-refractivity contribution < 1.29 is 29.1 Å². The van der Waals surface area contributed by atoms with E-state index in [0.717, 1.165) is 0 Å². The SMILES string of the molecule is CC(C)[C@H](NC(=O)[C@@H]1CCCN1C(=O)[C@H](C)NC(=O)[C@H](C)NC(=O)N(c1ccccc1)c1ccccc1)C(=O)O. The maximum Gasteiger partial charge on any atom is 0.327 e. The van der Waals surface area contributed by atoms with Crippen molar-refractivity contribution in [2.24, 2.45) is 5.92 Å².